The van der Waals surface area contributed by atoms with Gasteiger partial charge in [0.05, 0.1) is 5.92 Å². The number of fused-ring (bicyclic) bond motifs is 1. The maximum absolute atomic E-state index is 13.5. The molecule has 7 nitrogen and oxygen atoms in total. The van der Waals surface area contributed by atoms with Gasteiger partial charge in [-0.15, -0.1) is 0 Å². The average Bonchev–Trinajstić information content (AvgIpc) is 2.78. The standard InChI is InChI=1S/C23H24FN3O4/c1-15(22(29)27-11-9-26(10-12-27)17-5-3-2-4-6-17)31-23(30)19-14-21(28)25-20-13-16(24)7-8-18(19)20/h2-8,13,15,19H,9-12,14H2,1H3,(H,25,28). The highest BCUT2D eigenvalue weighted by atomic mass is 19.1. The summed E-state index contributed by atoms with van der Waals surface area (Å²) in [4.78, 5) is 41.4. The molecule has 0 radical (unpaired) electrons. The van der Waals surface area contributed by atoms with Crippen LogP contribution in [0.4, 0.5) is 15.8 Å². The van der Waals surface area contributed by atoms with Crippen molar-refractivity contribution in [2.45, 2.75) is 25.4 Å². The number of nitrogens with one attached hydrogen (secondary N) is 1. The molecule has 1 saturated heterocycles. The molecule has 1 fully saturated rings. The minimum atomic E-state index is -0.968. The fraction of sp³-hybridized carbons (Fsp3) is 0.348. The maximum Gasteiger partial charge on any atom is 0.314 e. The fourth-order valence-electron chi connectivity index (χ4n) is 4.04. The molecule has 31 heavy (non-hydrogen) atoms. The van der Waals surface area contributed by atoms with Crippen molar-refractivity contribution in [3.05, 3.63) is 59.9 Å². The fourth-order valence-corrected chi connectivity index (χ4v) is 4.04. The first-order chi connectivity index (χ1) is 14.9. The van der Waals surface area contributed by atoms with Crippen LogP contribution in [0.15, 0.2) is 48.5 Å². The first-order valence-electron chi connectivity index (χ1n) is 10.3. The lowest BCUT2D eigenvalue weighted by Gasteiger charge is -2.37. The van der Waals surface area contributed by atoms with Crippen molar-refractivity contribution in [3.8, 4) is 0 Å². The van der Waals surface area contributed by atoms with Crippen molar-refractivity contribution < 1.29 is 23.5 Å². The summed E-state index contributed by atoms with van der Waals surface area (Å²) < 4.78 is 18.9. The number of piperazine rings is 1. The van der Waals surface area contributed by atoms with Crippen LogP contribution < -0.4 is 10.2 Å². The molecule has 1 N–H and O–H groups in total. The summed E-state index contributed by atoms with van der Waals surface area (Å²) in [5.74, 6) is -2.69. The second-order valence-electron chi connectivity index (χ2n) is 7.76. The van der Waals surface area contributed by atoms with Crippen molar-refractivity contribution in [3.63, 3.8) is 0 Å². The van der Waals surface area contributed by atoms with Gasteiger partial charge in [-0.05, 0) is 36.8 Å². The lowest BCUT2D eigenvalue weighted by atomic mass is 9.90. The normalized spacial score (nSPS) is 19.3. The zero-order valence-electron chi connectivity index (χ0n) is 17.2. The van der Waals surface area contributed by atoms with E-state index in [1.165, 1.54) is 25.1 Å². The van der Waals surface area contributed by atoms with E-state index in [-0.39, 0.29) is 18.0 Å². The van der Waals surface area contributed by atoms with E-state index >= 15 is 0 Å². The van der Waals surface area contributed by atoms with Crippen molar-refractivity contribution in [2.75, 3.05) is 36.4 Å². The Labute approximate surface area is 179 Å². The molecule has 2 amide bonds. The summed E-state index contributed by atoms with van der Waals surface area (Å²) in [6.07, 6.45) is -1.07. The summed E-state index contributed by atoms with van der Waals surface area (Å²) in [6.45, 7) is 3.99. The third-order valence-electron chi connectivity index (χ3n) is 5.69. The van der Waals surface area contributed by atoms with Crippen molar-refractivity contribution in [1.29, 1.82) is 0 Å². The summed E-state index contributed by atoms with van der Waals surface area (Å²) in [6, 6.07) is 13.9. The highest BCUT2D eigenvalue weighted by molar-refractivity contribution is 6.00. The molecule has 0 aromatic heterocycles. The van der Waals surface area contributed by atoms with Gasteiger partial charge in [0, 0.05) is 44.0 Å². The van der Waals surface area contributed by atoms with Gasteiger partial charge in [-0.1, -0.05) is 24.3 Å². The first kappa shape index (κ1) is 20.8. The molecule has 2 aromatic rings. The number of amides is 2. The predicted octanol–water partition coefficient (Wildman–Crippen LogP) is 2.53. The molecule has 2 aliphatic rings. The predicted molar refractivity (Wildman–Crippen MR) is 113 cm³/mol. The third-order valence-corrected chi connectivity index (χ3v) is 5.69. The van der Waals surface area contributed by atoms with Crippen LogP contribution in [0.25, 0.3) is 0 Å². The molecule has 2 aromatic carbocycles. The van der Waals surface area contributed by atoms with E-state index in [9.17, 15) is 18.8 Å². The second-order valence-corrected chi connectivity index (χ2v) is 7.76. The molecule has 162 valence electrons. The van der Waals surface area contributed by atoms with E-state index in [0.29, 0.717) is 31.7 Å². The van der Waals surface area contributed by atoms with Gasteiger partial charge in [0.25, 0.3) is 5.91 Å². The number of anilines is 2. The minimum Gasteiger partial charge on any atom is -0.452 e. The lowest BCUT2D eigenvalue weighted by Crippen LogP contribution is -2.51. The number of esters is 1. The summed E-state index contributed by atoms with van der Waals surface area (Å²) in [7, 11) is 0. The van der Waals surface area contributed by atoms with E-state index < -0.39 is 29.7 Å². The van der Waals surface area contributed by atoms with Gasteiger partial charge in [0.2, 0.25) is 5.91 Å². The molecule has 0 saturated carbocycles. The van der Waals surface area contributed by atoms with Crippen molar-refractivity contribution in [1.82, 2.24) is 4.90 Å². The van der Waals surface area contributed by atoms with E-state index in [1.807, 2.05) is 30.3 Å². The Morgan fingerprint density at radius 3 is 2.52 bits per heavy atom. The lowest BCUT2D eigenvalue weighted by molar-refractivity contribution is -0.161. The Morgan fingerprint density at radius 2 is 1.81 bits per heavy atom. The second kappa shape index (κ2) is 8.75. The minimum absolute atomic E-state index is 0.103. The number of halogens is 1. The van der Waals surface area contributed by atoms with Gasteiger partial charge in [-0.2, -0.15) is 0 Å². The summed E-state index contributed by atoms with van der Waals surface area (Å²) in [5.41, 5.74) is 1.86. The molecule has 0 aliphatic carbocycles. The molecule has 4 rings (SSSR count). The Morgan fingerprint density at radius 1 is 1.10 bits per heavy atom. The zero-order valence-corrected chi connectivity index (χ0v) is 17.2. The molecule has 0 bridgehead atoms. The number of para-hydroxylation sites is 1. The number of rotatable bonds is 4. The van der Waals surface area contributed by atoms with Crippen LogP contribution >= 0.6 is 0 Å². The van der Waals surface area contributed by atoms with Crippen LogP contribution in [-0.2, 0) is 19.1 Å². The largest absolute Gasteiger partial charge is 0.452 e. The van der Waals surface area contributed by atoms with Crippen molar-refractivity contribution >= 4 is 29.2 Å². The highest BCUT2D eigenvalue weighted by Crippen LogP contribution is 2.34. The quantitative estimate of drug-likeness (QED) is 0.762. The van der Waals surface area contributed by atoms with Crippen LogP contribution in [0.2, 0.25) is 0 Å². The number of nitrogens with zero attached hydrogens (tertiary/aromatic N) is 2. The number of carbonyl (C=O) groups is 3. The number of ether oxygens (including phenoxy) is 1. The smallest absolute Gasteiger partial charge is 0.314 e. The molecular formula is C23H24FN3O4. The molecule has 8 heteroatoms. The molecule has 2 atom stereocenters. The van der Waals surface area contributed by atoms with Crippen LogP contribution in [-0.4, -0.2) is 55.0 Å². The number of benzene rings is 2. The van der Waals surface area contributed by atoms with Crippen LogP contribution in [0.1, 0.15) is 24.8 Å². The van der Waals surface area contributed by atoms with Gasteiger partial charge in [0.1, 0.15) is 5.82 Å². The van der Waals surface area contributed by atoms with Crippen LogP contribution in [0.5, 0.6) is 0 Å². The first-order valence-corrected chi connectivity index (χ1v) is 10.3. The summed E-state index contributed by atoms with van der Waals surface area (Å²) >= 11 is 0. The average molecular weight is 425 g/mol. The Bertz CT molecular complexity index is 990. The zero-order chi connectivity index (χ0) is 22.0. The van der Waals surface area contributed by atoms with E-state index in [1.54, 1.807) is 4.90 Å². The van der Waals surface area contributed by atoms with E-state index in [4.69, 9.17) is 4.74 Å². The van der Waals surface area contributed by atoms with Gasteiger partial charge >= 0.3 is 5.97 Å². The Kier molecular flexibility index (Phi) is 5.88. The number of hydrogen-bond acceptors (Lipinski definition) is 5. The van der Waals surface area contributed by atoms with Gasteiger partial charge in [-0.3, -0.25) is 14.4 Å². The van der Waals surface area contributed by atoms with Crippen LogP contribution in [0, 0.1) is 5.82 Å². The van der Waals surface area contributed by atoms with E-state index in [0.717, 1.165) is 5.69 Å². The molecule has 2 aliphatic heterocycles. The Hall–Kier alpha value is -3.42. The van der Waals surface area contributed by atoms with Crippen LogP contribution in [0.3, 0.4) is 0 Å². The van der Waals surface area contributed by atoms with Gasteiger partial charge < -0.3 is 19.9 Å². The van der Waals surface area contributed by atoms with E-state index in [2.05, 4.69) is 10.2 Å². The highest BCUT2D eigenvalue weighted by Gasteiger charge is 2.35. The van der Waals surface area contributed by atoms with Crippen molar-refractivity contribution in [2.24, 2.45) is 0 Å². The number of carbonyl (C=O) groups excluding carboxylic acids is 3. The molecule has 0 spiro atoms. The number of hydrogen-bond donors (Lipinski definition) is 1. The molecule has 2 unspecified atom stereocenters. The molecule has 2 heterocycles. The SMILES string of the molecule is CC(OC(=O)C1CC(=O)Nc2cc(F)ccc21)C(=O)N1CCN(c2ccccc2)CC1. The monoisotopic (exact) mass is 425 g/mol. The summed E-state index contributed by atoms with van der Waals surface area (Å²) in [5, 5.41) is 2.56. The maximum atomic E-state index is 13.5. The topological polar surface area (TPSA) is 78.9 Å². The molecular weight excluding hydrogens is 401 g/mol. The Balaban J connectivity index is 1.36. The third kappa shape index (κ3) is 4.52. The van der Waals surface area contributed by atoms with Gasteiger partial charge in [-0.25, -0.2) is 4.39 Å². The van der Waals surface area contributed by atoms with Gasteiger partial charge in [0.15, 0.2) is 6.10 Å².